The predicted octanol–water partition coefficient (Wildman–Crippen LogP) is 4.23. The van der Waals surface area contributed by atoms with E-state index in [2.05, 4.69) is 19.6 Å². The lowest BCUT2D eigenvalue weighted by Crippen LogP contribution is -1.86. The number of hydrogen-bond donors (Lipinski definition) is 1. The van der Waals surface area contributed by atoms with Crippen LogP contribution in [0, 0.1) is 0 Å². The molecule has 0 N–H and O–H groups in total. The highest BCUT2D eigenvalue weighted by Crippen LogP contribution is 2.13. The second-order valence-corrected chi connectivity index (χ2v) is 4.45. The van der Waals surface area contributed by atoms with Crippen molar-refractivity contribution in [1.29, 1.82) is 0 Å². The van der Waals surface area contributed by atoms with E-state index in [9.17, 15) is 0 Å². The fourth-order valence-corrected chi connectivity index (χ4v) is 1.43. The molecule has 0 nitrogen and oxygen atoms in total. The van der Waals surface area contributed by atoms with Crippen LogP contribution in [0.25, 0.3) is 0 Å². The highest BCUT2D eigenvalue weighted by Gasteiger charge is 1.95. The molecular weight excluding hydrogens is 176 g/mol. The summed E-state index contributed by atoms with van der Waals surface area (Å²) in [5.74, 6) is 0. The molecule has 1 atom stereocenters. The van der Waals surface area contributed by atoms with Crippen molar-refractivity contribution in [2.24, 2.45) is 0 Å². The van der Waals surface area contributed by atoms with E-state index in [-0.39, 0.29) is 4.71 Å². The number of halogens is 1. The molecule has 0 saturated carbocycles. The zero-order valence-corrected chi connectivity index (χ0v) is 9.00. The Morgan fingerprint density at radius 3 is 2.18 bits per heavy atom. The lowest BCUT2D eigenvalue weighted by atomic mass is 10.1. The average molecular weight is 195 g/mol. The molecule has 0 heterocycles. The monoisotopic (exact) mass is 194 g/mol. The van der Waals surface area contributed by atoms with Crippen molar-refractivity contribution in [2.75, 3.05) is 0 Å². The van der Waals surface area contributed by atoms with E-state index in [4.69, 9.17) is 11.6 Å². The van der Waals surface area contributed by atoms with Crippen molar-refractivity contribution < 1.29 is 0 Å². The van der Waals surface area contributed by atoms with E-state index in [1.807, 2.05) is 0 Å². The summed E-state index contributed by atoms with van der Waals surface area (Å²) in [6, 6.07) is 0. The molecule has 0 aliphatic rings. The summed E-state index contributed by atoms with van der Waals surface area (Å²) in [5.41, 5.74) is 0. The summed E-state index contributed by atoms with van der Waals surface area (Å²) in [7, 11) is 0. The van der Waals surface area contributed by atoms with Crippen molar-refractivity contribution in [3.63, 3.8) is 0 Å². The summed E-state index contributed by atoms with van der Waals surface area (Å²) in [6.07, 6.45) is 9.07. The Morgan fingerprint density at radius 1 is 1.09 bits per heavy atom. The molecular formula is C9H19ClS. The summed E-state index contributed by atoms with van der Waals surface area (Å²) in [6.45, 7) is 2.24. The van der Waals surface area contributed by atoms with Crippen LogP contribution in [0.2, 0.25) is 0 Å². The summed E-state index contributed by atoms with van der Waals surface area (Å²) >= 11 is 9.79. The fraction of sp³-hybridized carbons (Fsp3) is 1.00. The van der Waals surface area contributed by atoms with E-state index in [0.717, 1.165) is 6.42 Å². The first-order chi connectivity index (χ1) is 5.27. The van der Waals surface area contributed by atoms with Gasteiger partial charge in [-0.2, -0.15) is 12.6 Å². The maximum Gasteiger partial charge on any atom is 0.0759 e. The third-order valence-corrected chi connectivity index (χ3v) is 2.27. The van der Waals surface area contributed by atoms with E-state index < -0.39 is 0 Å². The van der Waals surface area contributed by atoms with Crippen molar-refractivity contribution >= 4 is 24.2 Å². The van der Waals surface area contributed by atoms with E-state index in [1.165, 1.54) is 38.5 Å². The van der Waals surface area contributed by atoms with Gasteiger partial charge in [0.2, 0.25) is 0 Å². The van der Waals surface area contributed by atoms with Crippen LogP contribution in [0.1, 0.15) is 51.9 Å². The highest BCUT2D eigenvalue weighted by molar-refractivity contribution is 7.82. The molecule has 0 amide bonds. The van der Waals surface area contributed by atoms with Gasteiger partial charge in [0.1, 0.15) is 0 Å². The fourth-order valence-electron chi connectivity index (χ4n) is 1.09. The Labute approximate surface area is 81.1 Å². The van der Waals surface area contributed by atoms with Crippen LogP contribution >= 0.6 is 24.2 Å². The molecule has 0 saturated heterocycles. The van der Waals surface area contributed by atoms with E-state index in [1.54, 1.807) is 0 Å². The second kappa shape index (κ2) is 8.73. The van der Waals surface area contributed by atoms with Gasteiger partial charge in [0.05, 0.1) is 4.71 Å². The molecule has 11 heavy (non-hydrogen) atoms. The Bertz CT molecular complexity index is 74.0. The van der Waals surface area contributed by atoms with Gasteiger partial charge in [0, 0.05) is 0 Å². The van der Waals surface area contributed by atoms with Gasteiger partial charge in [-0.1, -0.05) is 45.4 Å². The van der Waals surface area contributed by atoms with Crippen molar-refractivity contribution in [3.8, 4) is 0 Å². The predicted molar refractivity (Wildman–Crippen MR) is 56.6 cm³/mol. The maximum atomic E-state index is 5.68. The van der Waals surface area contributed by atoms with Crippen molar-refractivity contribution in [3.05, 3.63) is 0 Å². The third kappa shape index (κ3) is 10.6. The highest BCUT2D eigenvalue weighted by atomic mass is 35.5. The molecule has 68 valence electrons. The van der Waals surface area contributed by atoms with Crippen LogP contribution in [0.15, 0.2) is 0 Å². The van der Waals surface area contributed by atoms with Gasteiger partial charge in [0.15, 0.2) is 0 Å². The first-order valence-electron chi connectivity index (χ1n) is 4.59. The third-order valence-electron chi connectivity index (χ3n) is 1.80. The van der Waals surface area contributed by atoms with Gasteiger partial charge in [-0.05, 0) is 6.42 Å². The largest absolute Gasteiger partial charge is 0.160 e. The van der Waals surface area contributed by atoms with Crippen LogP contribution in [0.4, 0.5) is 0 Å². The molecule has 1 unspecified atom stereocenters. The van der Waals surface area contributed by atoms with Crippen molar-refractivity contribution in [1.82, 2.24) is 0 Å². The van der Waals surface area contributed by atoms with Gasteiger partial charge in [0.25, 0.3) is 0 Å². The standard InChI is InChI=1S/C9H19ClS/c1-2-3-4-5-6-7-8-9(10)11/h9,11H,2-8H2,1H3. The average Bonchev–Trinajstić information content (AvgIpc) is 1.96. The zero-order chi connectivity index (χ0) is 8.53. The van der Waals surface area contributed by atoms with Crippen LogP contribution in [0.5, 0.6) is 0 Å². The number of hydrogen-bond acceptors (Lipinski definition) is 1. The van der Waals surface area contributed by atoms with Crippen LogP contribution in [-0.4, -0.2) is 4.71 Å². The topological polar surface area (TPSA) is 0 Å². The number of unbranched alkanes of at least 4 members (excludes halogenated alkanes) is 5. The smallest absolute Gasteiger partial charge is 0.0759 e. The van der Waals surface area contributed by atoms with Gasteiger partial charge in [-0.25, -0.2) is 0 Å². The van der Waals surface area contributed by atoms with E-state index in [0.29, 0.717) is 0 Å². The van der Waals surface area contributed by atoms with Crippen LogP contribution < -0.4 is 0 Å². The summed E-state index contributed by atoms with van der Waals surface area (Å²) < 4.78 is 0.0705. The SMILES string of the molecule is CCCCCCCCC(S)Cl. The molecule has 0 spiro atoms. The minimum atomic E-state index is 0.0705. The van der Waals surface area contributed by atoms with Gasteiger partial charge in [-0.15, -0.1) is 11.6 Å². The normalized spacial score (nSPS) is 13.4. The Kier molecular flexibility index (Phi) is 9.24. The molecule has 0 aromatic heterocycles. The molecule has 0 fully saturated rings. The summed E-state index contributed by atoms with van der Waals surface area (Å²) in [5, 5.41) is 0. The number of rotatable bonds is 7. The molecule has 2 heteroatoms. The second-order valence-electron chi connectivity index (χ2n) is 2.99. The van der Waals surface area contributed by atoms with Crippen LogP contribution in [-0.2, 0) is 0 Å². The first kappa shape index (κ1) is 11.6. The Hall–Kier alpha value is 0.640. The van der Waals surface area contributed by atoms with E-state index >= 15 is 0 Å². The zero-order valence-electron chi connectivity index (χ0n) is 7.35. The molecule has 0 aromatic rings. The minimum absolute atomic E-state index is 0.0705. The molecule has 0 aliphatic heterocycles. The molecule has 0 radical (unpaired) electrons. The molecule has 0 aromatic carbocycles. The maximum absolute atomic E-state index is 5.68. The number of thiol groups is 1. The molecule has 0 aliphatic carbocycles. The Morgan fingerprint density at radius 2 is 1.64 bits per heavy atom. The summed E-state index contributed by atoms with van der Waals surface area (Å²) in [4.78, 5) is 0. The minimum Gasteiger partial charge on any atom is -0.160 e. The van der Waals surface area contributed by atoms with Gasteiger partial charge < -0.3 is 0 Å². The first-order valence-corrected chi connectivity index (χ1v) is 5.54. The van der Waals surface area contributed by atoms with Gasteiger partial charge in [-0.3, -0.25) is 0 Å². The number of alkyl halides is 1. The lowest BCUT2D eigenvalue weighted by molar-refractivity contribution is 0.600. The molecule has 0 bridgehead atoms. The molecule has 0 rings (SSSR count). The Balaban J connectivity index is 2.80. The van der Waals surface area contributed by atoms with Crippen molar-refractivity contribution in [2.45, 2.75) is 56.6 Å². The lowest BCUT2D eigenvalue weighted by Gasteiger charge is -2.01. The van der Waals surface area contributed by atoms with Gasteiger partial charge >= 0.3 is 0 Å². The van der Waals surface area contributed by atoms with Crippen LogP contribution in [0.3, 0.4) is 0 Å². The quantitative estimate of drug-likeness (QED) is 0.350.